The van der Waals surface area contributed by atoms with E-state index in [1.807, 2.05) is 31.3 Å². The SMILES string of the molecule is CN=C(NCc1cccc(CS(=O)(=O)NC)c1)N1CCC2(CCCCC2)C1.I. The van der Waals surface area contributed by atoms with Crippen LogP contribution >= 0.6 is 24.0 Å². The van der Waals surface area contributed by atoms with Crippen molar-refractivity contribution in [3.05, 3.63) is 35.4 Å². The van der Waals surface area contributed by atoms with Crippen molar-refractivity contribution in [2.75, 3.05) is 27.2 Å². The molecule has 1 spiro atoms. The van der Waals surface area contributed by atoms with Gasteiger partial charge < -0.3 is 10.2 Å². The zero-order valence-electron chi connectivity index (χ0n) is 16.9. The van der Waals surface area contributed by atoms with E-state index in [2.05, 4.69) is 19.9 Å². The van der Waals surface area contributed by atoms with E-state index in [4.69, 9.17) is 0 Å². The highest BCUT2D eigenvalue weighted by molar-refractivity contribution is 14.0. The lowest BCUT2D eigenvalue weighted by atomic mass is 9.73. The molecule has 1 aliphatic carbocycles. The van der Waals surface area contributed by atoms with Crippen molar-refractivity contribution in [2.24, 2.45) is 10.4 Å². The van der Waals surface area contributed by atoms with Gasteiger partial charge in [-0.1, -0.05) is 43.5 Å². The van der Waals surface area contributed by atoms with Gasteiger partial charge in [0.2, 0.25) is 10.0 Å². The van der Waals surface area contributed by atoms with Crippen molar-refractivity contribution >= 4 is 40.0 Å². The van der Waals surface area contributed by atoms with Crippen LogP contribution in [-0.4, -0.2) is 46.5 Å². The summed E-state index contributed by atoms with van der Waals surface area (Å²) < 4.78 is 25.9. The maximum atomic E-state index is 11.8. The first-order valence-electron chi connectivity index (χ1n) is 9.90. The zero-order chi connectivity index (χ0) is 19.3. The molecule has 1 aromatic rings. The second-order valence-electron chi connectivity index (χ2n) is 7.92. The van der Waals surface area contributed by atoms with Crippen LogP contribution in [0.15, 0.2) is 29.3 Å². The molecule has 2 N–H and O–H groups in total. The van der Waals surface area contributed by atoms with Crippen molar-refractivity contribution in [1.82, 2.24) is 14.9 Å². The Labute approximate surface area is 186 Å². The first-order valence-corrected chi connectivity index (χ1v) is 11.6. The molecule has 3 rings (SSSR count). The summed E-state index contributed by atoms with van der Waals surface area (Å²) in [7, 11) is 0.0251. The molecule has 1 heterocycles. The summed E-state index contributed by atoms with van der Waals surface area (Å²) in [6.07, 6.45) is 8.08. The first kappa shape index (κ1) is 23.4. The summed E-state index contributed by atoms with van der Waals surface area (Å²) in [5.74, 6) is 0.950. The Bertz CT molecular complexity index is 776. The van der Waals surface area contributed by atoms with Gasteiger partial charge in [0, 0.05) is 26.7 Å². The highest BCUT2D eigenvalue weighted by Gasteiger charge is 2.39. The molecule has 8 heteroatoms. The molecule has 2 aliphatic rings. The number of rotatable bonds is 5. The third-order valence-corrected chi connectivity index (χ3v) is 7.31. The molecule has 0 unspecified atom stereocenters. The third-order valence-electron chi connectivity index (χ3n) is 5.97. The largest absolute Gasteiger partial charge is 0.352 e. The monoisotopic (exact) mass is 520 g/mol. The highest BCUT2D eigenvalue weighted by atomic mass is 127. The summed E-state index contributed by atoms with van der Waals surface area (Å²) in [5, 5.41) is 3.46. The maximum Gasteiger partial charge on any atom is 0.215 e. The summed E-state index contributed by atoms with van der Waals surface area (Å²) >= 11 is 0. The quantitative estimate of drug-likeness (QED) is 0.356. The van der Waals surface area contributed by atoms with Gasteiger partial charge in [0.05, 0.1) is 5.75 Å². The van der Waals surface area contributed by atoms with Crippen molar-refractivity contribution in [3.8, 4) is 0 Å². The highest BCUT2D eigenvalue weighted by Crippen LogP contribution is 2.43. The van der Waals surface area contributed by atoms with Crippen LogP contribution in [0, 0.1) is 5.41 Å². The molecular weight excluding hydrogens is 487 g/mol. The van der Waals surface area contributed by atoms with Crippen LogP contribution in [0.25, 0.3) is 0 Å². The Morgan fingerprint density at radius 2 is 1.89 bits per heavy atom. The maximum absolute atomic E-state index is 11.8. The second kappa shape index (κ2) is 10.2. The number of guanidine groups is 1. The van der Waals surface area contributed by atoms with Gasteiger partial charge in [0.1, 0.15) is 0 Å². The van der Waals surface area contributed by atoms with E-state index in [0.717, 1.165) is 30.2 Å². The smallest absolute Gasteiger partial charge is 0.215 e. The Hall–Kier alpha value is -0.870. The summed E-state index contributed by atoms with van der Waals surface area (Å²) in [6.45, 7) is 2.82. The van der Waals surface area contributed by atoms with E-state index in [1.54, 1.807) is 0 Å². The van der Waals surface area contributed by atoms with Gasteiger partial charge in [-0.2, -0.15) is 0 Å². The minimum Gasteiger partial charge on any atom is -0.352 e. The lowest BCUT2D eigenvalue weighted by Gasteiger charge is -2.33. The zero-order valence-corrected chi connectivity index (χ0v) is 20.1. The van der Waals surface area contributed by atoms with Crippen molar-refractivity contribution < 1.29 is 8.42 Å². The average Bonchev–Trinajstić information content (AvgIpc) is 3.06. The fourth-order valence-corrected chi connectivity index (χ4v) is 5.22. The van der Waals surface area contributed by atoms with E-state index >= 15 is 0 Å². The second-order valence-corrected chi connectivity index (χ2v) is 9.84. The van der Waals surface area contributed by atoms with Gasteiger partial charge >= 0.3 is 0 Å². The number of benzene rings is 1. The van der Waals surface area contributed by atoms with Gasteiger partial charge in [-0.05, 0) is 42.9 Å². The molecule has 0 amide bonds. The molecule has 0 radical (unpaired) electrons. The van der Waals surface area contributed by atoms with E-state index in [-0.39, 0.29) is 29.7 Å². The number of nitrogens with zero attached hydrogens (tertiary/aromatic N) is 2. The molecule has 0 aromatic heterocycles. The van der Waals surface area contributed by atoms with Gasteiger partial charge in [0.15, 0.2) is 5.96 Å². The third kappa shape index (κ3) is 6.06. The average molecular weight is 520 g/mol. The van der Waals surface area contributed by atoms with Crippen molar-refractivity contribution in [2.45, 2.75) is 50.8 Å². The summed E-state index contributed by atoms with van der Waals surface area (Å²) in [6, 6.07) is 7.72. The Morgan fingerprint density at radius 3 is 2.57 bits per heavy atom. The molecule has 1 saturated heterocycles. The molecule has 1 aromatic carbocycles. The van der Waals surface area contributed by atoms with Crippen LogP contribution in [0.5, 0.6) is 0 Å². The van der Waals surface area contributed by atoms with Crippen molar-refractivity contribution in [3.63, 3.8) is 0 Å². The van der Waals surface area contributed by atoms with E-state index < -0.39 is 10.0 Å². The molecule has 0 bridgehead atoms. The Kier molecular flexibility index (Phi) is 8.57. The molecule has 2 fully saturated rings. The number of aliphatic imine (C=N–C) groups is 1. The number of hydrogen-bond acceptors (Lipinski definition) is 3. The fraction of sp³-hybridized carbons (Fsp3) is 0.650. The molecule has 1 aliphatic heterocycles. The molecule has 6 nitrogen and oxygen atoms in total. The number of sulfonamides is 1. The van der Waals surface area contributed by atoms with Gasteiger partial charge in [0.25, 0.3) is 0 Å². The standard InChI is InChI=1S/C20H32N4O2S.HI/c1-21-19(24-12-11-20(16-24)9-4-3-5-10-20)23-14-17-7-6-8-18(13-17)15-27(25,26)22-2;/h6-8,13,22H,3-5,9-12,14-16H2,1-2H3,(H,21,23);1H. The van der Waals surface area contributed by atoms with Gasteiger partial charge in [-0.25, -0.2) is 13.1 Å². The molecule has 1 saturated carbocycles. The van der Waals surface area contributed by atoms with Crippen LogP contribution in [0.3, 0.4) is 0 Å². The van der Waals surface area contributed by atoms with Crippen LogP contribution in [0.1, 0.15) is 49.7 Å². The van der Waals surface area contributed by atoms with Crippen LogP contribution in [0.2, 0.25) is 0 Å². The Balaban J connectivity index is 0.00000280. The molecule has 28 heavy (non-hydrogen) atoms. The number of likely N-dealkylation sites (tertiary alicyclic amines) is 1. The number of hydrogen-bond donors (Lipinski definition) is 2. The van der Waals surface area contributed by atoms with E-state index in [1.165, 1.54) is 45.6 Å². The molecule has 158 valence electrons. The summed E-state index contributed by atoms with van der Waals surface area (Å²) in [4.78, 5) is 6.87. The summed E-state index contributed by atoms with van der Waals surface area (Å²) in [5.41, 5.74) is 2.35. The minimum absolute atomic E-state index is 0. The van der Waals surface area contributed by atoms with Crippen LogP contribution in [0.4, 0.5) is 0 Å². The van der Waals surface area contributed by atoms with E-state index in [0.29, 0.717) is 12.0 Å². The van der Waals surface area contributed by atoms with Crippen molar-refractivity contribution in [1.29, 1.82) is 0 Å². The topological polar surface area (TPSA) is 73.8 Å². The van der Waals surface area contributed by atoms with E-state index in [9.17, 15) is 8.42 Å². The fourth-order valence-electron chi connectivity index (χ4n) is 4.46. The molecular formula is C20H33IN4O2S. The van der Waals surface area contributed by atoms with Crippen LogP contribution in [-0.2, 0) is 22.3 Å². The number of halogens is 1. The Morgan fingerprint density at radius 1 is 1.18 bits per heavy atom. The number of nitrogens with one attached hydrogen (secondary N) is 2. The normalized spacial score (nSPS) is 19.5. The predicted molar refractivity (Wildman–Crippen MR) is 125 cm³/mol. The molecule has 0 atom stereocenters. The first-order chi connectivity index (χ1) is 13.0. The minimum atomic E-state index is -3.26. The predicted octanol–water partition coefficient (Wildman–Crippen LogP) is 3.09. The van der Waals surface area contributed by atoms with Gasteiger partial charge in [-0.3, -0.25) is 4.99 Å². The lowest BCUT2D eigenvalue weighted by molar-refractivity contribution is 0.203. The van der Waals surface area contributed by atoms with Gasteiger partial charge in [-0.15, -0.1) is 24.0 Å². The lowest BCUT2D eigenvalue weighted by Crippen LogP contribution is -2.41. The van der Waals surface area contributed by atoms with Crippen LogP contribution < -0.4 is 10.0 Å².